The molecule has 0 aromatic heterocycles. The first-order chi connectivity index (χ1) is 9.25. The van der Waals surface area contributed by atoms with Crippen LogP contribution in [0, 0.1) is 0 Å². The van der Waals surface area contributed by atoms with Crippen LogP contribution >= 0.6 is 0 Å². The Bertz CT molecular complexity index is 524. The molecule has 0 aliphatic carbocycles. The summed E-state index contributed by atoms with van der Waals surface area (Å²) >= 11 is 0. The Balaban J connectivity index is 2.45. The Morgan fingerprint density at radius 2 is 2.00 bits per heavy atom. The van der Waals surface area contributed by atoms with Crippen LogP contribution in [0.25, 0.3) is 0 Å². The third-order valence-electron chi connectivity index (χ3n) is 3.34. The zero-order valence-corrected chi connectivity index (χ0v) is 12.0. The lowest BCUT2D eigenvalue weighted by Crippen LogP contribution is -2.55. The molecular formula is C14H20N2O4. The topological polar surface area (TPSA) is 82.0 Å². The van der Waals surface area contributed by atoms with Crippen LogP contribution in [0.1, 0.15) is 42.9 Å². The second-order valence-corrected chi connectivity index (χ2v) is 5.76. The number of aliphatic hydroxyl groups is 2. The Morgan fingerprint density at radius 3 is 2.55 bits per heavy atom. The zero-order valence-electron chi connectivity index (χ0n) is 12.0. The van der Waals surface area contributed by atoms with Crippen molar-refractivity contribution in [3.63, 3.8) is 0 Å². The number of rotatable bonds is 1. The van der Waals surface area contributed by atoms with Crippen LogP contribution in [0.3, 0.4) is 0 Å². The van der Waals surface area contributed by atoms with Gasteiger partial charge in [0.2, 0.25) is 0 Å². The molecule has 110 valence electrons. The molecule has 1 aromatic carbocycles. The van der Waals surface area contributed by atoms with Gasteiger partial charge in [0.25, 0.3) is 0 Å². The fourth-order valence-electron chi connectivity index (χ4n) is 2.38. The molecule has 0 saturated carbocycles. The standard InChI is InChI=1S/C14H20N2O4/c1-14(2,3)16-11(17)9-7-8(12(18)20-4)5-6-10(9)15-13(16)19/h5-7,11,13,15,17,19H,1-4H3. The molecule has 1 aliphatic heterocycles. The number of methoxy groups -OCH3 is 1. The second kappa shape index (κ2) is 5.05. The highest BCUT2D eigenvalue weighted by molar-refractivity contribution is 5.90. The molecule has 0 amide bonds. The minimum atomic E-state index is -1.01. The van der Waals surface area contributed by atoms with Crippen molar-refractivity contribution in [3.05, 3.63) is 29.3 Å². The number of aliphatic hydroxyl groups excluding tert-OH is 2. The normalized spacial score (nSPS) is 22.9. The van der Waals surface area contributed by atoms with Crippen molar-refractivity contribution in [1.82, 2.24) is 4.90 Å². The molecule has 1 aromatic rings. The highest BCUT2D eigenvalue weighted by Gasteiger charge is 2.39. The van der Waals surface area contributed by atoms with E-state index in [-0.39, 0.29) is 0 Å². The highest BCUT2D eigenvalue weighted by atomic mass is 16.5. The van der Waals surface area contributed by atoms with E-state index in [1.807, 2.05) is 20.8 Å². The molecule has 2 rings (SSSR count). The summed E-state index contributed by atoms with van der Waals surface area (Å²) in [6, 6.07) is 4.81. The molecule has 1 heterocycles. The van der Waals surface area contributed by atoms with Gasteiger partial charge in [0.1, 0.15) is 6.23 Å². The van der Waals surface area contributed by atoms with E-state index in [4.69, 9.17) is 0 Å². The largest absolute Gasteiger partial charge is 0.465 e. The number of esters is 1. The number of nitrogens with one attached hydrogen (secondary N) is 1. The molecule has 3 N–H and O–H groups in total. The van der Waals surface area contributed by atoms with Crippen molar-refractivity contribution in [3.8, 4) is 0 Å². The maximum absolute atomic E-state index is 11.6. The van der Waals surface area contributed by atoms with E-state index in [9.17, 15) is 15.0 Å². The summed E-state index contributed by atoms with van der Waals surface area (Å²) in [7, 11) is 1.31. The van der Waals surface area contributed by atoms with Crippen LogP contribution in [0.5, 0.6) is 0 Å². The average molecular weight is 280 g/mol. The van der Waals surface area contributed by atoms with Crippen molar-refractivity contribution in [1.29, 1.82) is 0 Å². The number of hydrogen-bond donors (Lipinski definition) is 3. The number of anilines is 1. The van der Waals surface area contributed by atoms with E-state index < -0.39 is 24.1 Å². The van der Waals surface area contributed by atoms with Gasteiger partial charge >= 0.3 is 5.97 Å². The maximum atomic E-state index is 11.6. The fraction of sp³-hybridized carbons (Fsp3) is 0.500. The number of fused-ring (bicyclic) bond motifs is 1. The average Bonchev–Trinajstić information content (AvgIpc) is 2.35. The quantitative estimate of drug-likeness (QED) is 0.672. The molecule has 0 bridgehead atoms. The van der Waals surface area contributed by atoms with Crippen LogP contribution in [0.2, 0.25) is 0 Å². The van der Waals surface area contributed by atoms with Gasteiger partial charge in [-0.1, -0.05) is 0 Å². The van der Waals surface area contributed by atoms with Crippen molar-refractivity contribution in [2.45, 2.75) is 38.9 Å². The van der Waals surface area contributed by atoms with Gasteiger partial charge in [0.15, 0.2) is 6.35 Å². The molecule has 0 fully saturated rings. The minimum absolute atomic E-state index is 0.359. The van der Waals surface area contributed by atoms with Crippen LogP contribution in [0.15, 0.2) is 18.2 Å². The summed E-state index contributed by atoms with van der Waals surface area (Å²) in [5, 5.41) is 23.5. The Kier molecular flexibility index (Phi) is 3.73. The van der Waals surface area contributed by atoms with E-state index in [2.05, 4.69) is 10.1 Å². The van der Waals surface area contributed by atoms with Crippen molar-refractivity contribution >= 4 is 11.7 Å². The number of benzene rings is 1. The monoisotopic (exact) mass is 280 g/mol. The number of hydrogen-bond acceptors (Lipinski definition) is 6. The van der Waals surface area contributed by atoms with E-state index in [0.29, 0.717) is 16.8 Å². The van der Waals surface area contributed by atoms with Crippen molar-refractivity contribution in [2.75, 3.05) is 12.4 Å². The molecule has 6 nitrogen and oxygen atoms in total. The first-order valence-corrected chi connectivity index (χ1v) is 6.39. The predicted octanol–water partition coefficient (Wildman–Crippen LogP) is 1.27. The molecule has 2 atom stereocenters. The van der Waals surface area contributed by atoms with Crippen LogP contribution in [-0.2, 0) is 4.74 Å². The zero-order chi connectivity index (χ0) is 15.1. The van der Waals surface area contributed by atoms with Gasteiger partial charge in [-0.2, -0.15) is 0 Å². The van der Waals surface area contributed by atoms with Gasteiger partial charge in [0, 0.05) is 16.8 Å². The SMILES string of the molecule is COC(=O)c1ccc2c(c1)C(O)N(C(C)(C)C)C(O)N2. The van der Waals surface area contributed by atoms with E-state index in [1.54, 1.807) is 18.2 Å². The number of nitrogens with zero attached hydrogens (tertiary/aromatic N) is 1. The third kappa shape index (κ3) is 2.49. The van der Waals surface area contributed by atoms with Crippen LogP contribution in [-0.4, -0.2) is 40.1 Å². The second-order valence-electron chi connectivity index (χ2n) is 5.76. The van der Waals surface area contributed by atoms with E-state index in [1.165, 1.54) is 12.0 Å². The number of carbonyl (C=O) groups excluding carboxylic acids is 1. The Morgan fingerprint density at radius 1 is 1.35 bits per heavy atom. The molecule has 0 spiro atoms. The summed E-state index contributed by atoms with van der Waals surface area (Å²) in [6.45, 7) is 5.66. The van der Waals surface area contributed by atoms with Crippen LogP contribution in [0.4, 0.5) is 5.69 Å². The van der Waals surface area contributed by atoms with Gasteiger partial charge in [-0.25, -0.2) is 9.69 Å². The minimum Gasteiger partial charge on any atom is -0.465 e. The molecule has 6 heteroatoms. The number of ether oxygens (including phenoxy) is 1. The van der Waals surface area contributed by atoms with Crippen molar-refractivity contribution in [2.24, 2.45) is 0 Å². The molecule has 1 aliphatic rings. The first kappa shape index (κ1) is 14.8. The molecule has 0 saturated heterocycles. The van der Waals surface area contributed by atoms with E-state index >= 15 is 0 Å². The summed E-state index contributed by atoms with van der Waals surface area (Å²) in [4.78, 5) is 13.1. The van der Waals surface area contributed by atoms with Gasteiger partial charge in [-0.05, 0) is 39.0 Å². The van der Waals surface area contributed by atoms with Gasteiger partial charge in [-0.3, -0.25) is 0 Å². The van der Waals surface area contributed by atoms with Gasteiger partial charge in [0.05, 0.1) is 12.7 Å². The Labute approximate surface area is 118 Å². The Hall–Kier alpha value is -1.63. The fourth-order valence-corrected chi connectivity index (χ4v) is 2.38. The smallest absolute Gasteiger partial charge is 0.337 e. The molecule has 2 unspecified atom stereocenters. The lowest BCUT2D eigenvalue weighted by Gasteiger charge is -2.46. The van der Waals surface area contributed by atoms with Gasteiger partial charge < -0.3 is 20.3 Å². The predicted molar refractivity (Wildman–Crippen MR) is 74.0 cm³/mol. The summed E-state index contributed by atoms with van der Waals surface area (Å²) < 4.78 is 4.67. The first-order valence-electron chi connectivity index (χ1n) is 6.39. The summed E-state index contributed by atoms with van der Waals surface area (Å²) in [5.41, 5.74) is 1.04. The highest BCUT2D eigenvalue weighted by Crippen LogP contribution is 2.37. The molecule has 0 radical (unpaired) electrons. The lowest BCUT2D eigenvalue weighted by molar-refractivity contribution is -0.143. The third-order valence-corrected chi connectivity index (χ3v) is 3.34. The summed E-state index contributed by atoms with van der Waals surface area (Å²) in [6.07, 6.45) is -2.01. The summed E-state index contributed by atoms with van der Waals surface area (Å²) in [5.74, 6) is -0.464. The molecular weight excluding hydrogens is 260 g/mol. The number of carbonyl (C=O) groups is 1. The lowest BCUT2D eigenvalue weighted by atomic mass is 9.99. The van der Waals surface area contributed by atoms with Gasteiger partial charge in [-0.15, -0.1) is 0 Å². The van der Waals surface area contributed by atoms with Crippen LogP contribution < -0.4 is 5.32 Å². The maximum Gasteiger partial charge on any atom is 0.337 e. The van der Waals surface area contributed by atoms with Crippen molar-refractivity contribution < 1.29 is 19.7 Å². The van der Waals surface area contributed by atoms with E-state index in [0.717, 1.165) is 0 Å². The molecule has 20 heavy (non-hydrogen) atoms.